The fourth-order valence-corrected chi connectivity index (χ4v) is 6.04. The average molecular weight is 727 g/mol. The van der Waals surface area contributed by atoms with Crippen molar-refractivity contribution in [3.8, 4) is 0 Å². The molecule has 0 aromatic carbocycles. The predicted octanol–water partition coefficient (Wildman–Crippen LogP) is 7.77. The van der Waals surface area contributed by atoms with E-state index in [1.165, 1.54) is 77.0 Å². The maximum absolute atomic E-state index is 12.7. The zero-order valence-electron chi connectivity index (χ0n) is 32.1. The lowest BCUT2D eigenvalue weighted by Gasteiger charge is -2.39. The van der Waals surface area contributed by atoms with Gasteiger partial charge in [0, 0.05) is 12.8 Å². The number of aliphatic hydroxyl groups excluding tert-OH is 4. The fourth-order valence-electron chi connectivity index (χ4n) is 6.04. The molecule has 0 saturated carbocycles. The standard InChI is InChI=1S/C41H74O10/c1-3-5-7-9-11-13-15-16-17-18-20-22-24-26-28-30-37(44)50-34(33-49-41-40(47)39(46)38(45)35(31-42)51-41)32-48-36(43)29-27-25-23-21-19-14-12-10-8-6-4-2/h11,13,16-17,34-35,38-42,45-47H,3-10,12,14-15,18-33H2,1-2H3/b13-11+,17-16+/t34-,35-,38+,39+,40-,41-/m1/s1. The molecule has 0 aromatic heterocycles. The molecule has 1 rings (SSSR count). The van der Waals surface area contributed by atoms with E-state index >= 15 is 0 Å². The van der Waals surface area contributed by atoms with Gasteiger partial charge in [0.1, 0.15) is 31.0 Å². The number of carbonyl (C=O) groups excluding carboxylic acids is 2. The number of ether oxygens (including phenoxy) is 4. The number of hydrogen-bond acceptors (Lipinski definition) is 10. The minimum absolute atomic E-state index is 0.216. The maximum atomic E-state index is 12.7. The molecule has 1 aliphatic rings. The van der Waals surface area contributed by atoms with Gasteiger partial charge in [-0.05, 0) is 44.9 Å². The quantitative estimate of drug-likeness (QED) is 0.0300. The summed E-state index contributed by atoms with van der Waals surface area (Å²) in [4.78, 5) is 25.2. The summed E-state index contributed by atoms with van der Waals surface area (Å²) in [5.74, 6) is -0.821. The monoisotopic (exact) mass is 727 g/mol. The third kappa shape index (κ3) is 24.9. The number of rotatable bonds is 33. The van der Waals surface area contributed by atoms with E-state index in [2.05, 4.69) is 38.2 Å². The lowest BCUT2D eigenvalue weighted by Crippen LogP contribution is -2.59. The second-order valence-corrected chi connectivity index (χ2v) is 14.1. The van der Waals surface area contributed by atoms with E-state index in [-0.39, 0.29) is 32.0 Å². The van der Waals surface area contributed by atoms with Gasteiger partial charge in [-0.25, -0.2) is 0 Å². The molecule has 0 unspecified atom stereocenters. The molecule has 0 radical (unpaired) electrons. The summed E-state index contributed by atoms with van der Waals surface area (Å²) in [6, 6.07) is 0. The van der Waals surface area contributed by atoms with E-state index in [9.17, 15) is 30.0 Å². The van der Waals surface area contributed by atoms with Crippen LogP contribution in [0.2, 0.25) is 0 Å². The van der Waals surface area contributed by atoms with E-state index in [0.29, 0.717) is 6.42 Å². The summed E-state index contributed by atoms with van der Waals surface area (Å²) < 4.78 is 22.1. The van der Waals surface area contributed by atoms with Gasteiger partial charge in [0.2, 0.25) is 0 Å². The van der Waals surface area contributed by atoms with Gasteiger partial charge < -0.3 is 39.4 Å². The van der Waals surface area contributed by atoms with Crippen LogP contribution in [-0.4, -0.2) is 89.0 Å². The zero-order valence-corrected chi connectivity index (χ0v) is 32.1. The van der Waals surface area contributed by atoms with Crippen molar-refractivity contribution in [2.75, 3.05) is 19.8 Å². The van der Waals surface area contributed by atoms with Gasteiger partial charge in [0.15, 0.2) is 12.4 Å². The van der Waals surface area contributed by atoms with Crippen LogP contribution >= 0.6 is 0 Å². The van der Waals surface area contributed by atoms with Gasteiger partial charge in [-0.3, -0.25) is 9.59 Å². The lowest BCUT2D eigenvalue weighted by molar-refractivity contribution is -0.305. The largest absolute Gasteiger partial charge is 0.462 e. The van der Waals surface area contributed by atoms with Crippen molar-refractivity contribution >= 4 is 11.9 Å². The lowest BCUT2D eigenvalue weighted by atomic mass is 9.99. The average Bonchev–Trinajstić information content (AvgIpc) is 3.13. The Morgan fingerprint density at radius 1 is 0.608 bits per heavy atom. The van der Waals surface area contributed by atoms with E-state index in [4.69, 9.17) is 18.9 Å². The van der Waals surface area contributed by atoms with Crippen molar-refractivity contribution in [2.24, 2.45) is 0 Å². The molecular weight excluding hydrogens is 652 g/mol. The molecule has 6 atom stereocenters. The van der Waals surface area contributed by atoms with Gasteiger partial charge in [0.25, 0.3) is 0 Å². The Hall–Kier alpha value is -1.82. The predicted molar refractivity (Wildman–Crippen MR) is 201 cm³/mol. The SMILES string of the molecule is CCCCC/C=C/C/C=C/CCCCCCCC(=O)O[C@H](COC(=O)CCCCCCCCCCCCC)CO[C@@H]1O[C@H](CO)[C@H](O)[C@H](O)[C@H]1O. The Balaban J connectivity index is 2.39. The zero-order chi connectivity index (χ0) is 37.4. The summed E-state index contributed by atoms with van der Waals surface area (Å²) in [7, 11) is 0. The van der Waals surface area contributed by atoms with Crippen LogP contribution in [0.5, 0.6) is 0 Å². The van der Waals surface area contributed by atoms with E-state index in [1.807, 2.05) is 0 Å². The van der Waals surface area contributed by atoms with Crippen LogP contribution in [0.25, 0.3) is 0 Å². The molecule has 10 heteroatoms. The summed E-state index contributed by atoms with van der Waals surface area (Å²) in [5, 5.41) is 39.9. The van der Waals surface area contributed by atoms with Gasteiger partial charge >= 0.3 is 11.9 Å². The second-order valence-electron chi connectivity index (χ2n) is 14.1. The van der Waals surface area contributed by atoms with E-state index in [1.54, 1.807) is 0 Å². The topological polar surface area (TPSA) is 152 Å². The van der Waals surface area contributed by atoms with Crippen LogP contribution in [0.3, 0.4) is 0 Å². The molecule has 0 aromatic rings. The van der Waals surface area contributed by atoms with Crippen molar-refractivity contribution in [3.05, 3.63) is 24.3 Å². The molecule has 1 aliphatic heterocycles. The Kier molecular flexibility index (Phi) is 30.4. The highest BCUT2D eigenvalue weighted by atomic mass is 16.7. The van der Waals surface area contributed by atoms with Crippen molar-refractivity contribution in [2.45, 2.75) is 205 Å². The Morgan fingerprint density at radius 3 is 1.67 bits per heavy atom. The first-order valence-electron chi connectivity index (χ1n) is 20.4. The van der Waals surface area contributed by atoms with Crippen LogP contribution in [0.1, 0.15) is 168 Å². The molecule has 0 aliphatic carbocycles. The normalized spacial score (nSPS) is 21.4. The molecule has 0 bridgehead atoms. The number of carbonyl (C=O) groups is 2. The number of aliphatic hydroxyl groups is 4. The third-order valence-corrected chi connectivity index (χ3v) is 9.34. The Labute approximate surface area is 309 Å². The highest BCUT2D eigenvalue weighted by Gasteiger charge is 2.44. The van der Waals surface area contributed by atoms with Gasteiger partial charge in [-0.15, -0.1) is 0 Å². The second kappa shape index (κ2) is 32.8. The van der Waals surface area contributed by atoms with Crippen LogP contribution in [0.4, 0.5) is 0 Å². The van der Waals surface area contributed by atoms with Gasteiger partial charge in [-0.2, -0.15) is 0 Å². The van der Waals surface area contributed by atoms with Crippen LogP contribution in [0.15, 0.2) is 24.3 Å². The van der Waals surface area contributed by atoms with Crippen molar-refractivity contribution in [3.63, 3.8) is 0 Å². The molecule has 1 saturated heterocycles. The van der Waals surface area contributed by atoms with Crippen molar-refractivity contribution in [1.29, 1.82) is 0 Å². The summed E-state index contributed by atoms with van der Waals surface area (Å²) >= 11 is 0. The first-order valence-corrected chi connectivity index (χ1v) is 20.4. The number of unbranched alkanes of at least 4 members (excludes halogenated alkanes) is 18. The number of hydrogen-bond donors (Lipinski definition) is 4. The van der Waals surface area contributed by atoms with Gasteiger partial charge in [-0.1, -0.05) is 134 Å². The summed E-state index contributed by atoms with van der Waals surface area (Å²) in [5.41, 5.74) is 0. The molecule has 1 fully saturated rings. The highest BCUT2D eigenvalue weighted by molar-refractivity contribution is 5.70. The number of allylic oxidation sites excluding steroid dienone is 4. The molecule has 51 heavy (non-hydrogen) atoms. The fraction of sp³-hybridized carbons (Fsp3) is 0.854. The number of esters is 2. The molecule has 10 nitrogen and oxygen atoms in total. The van der Waals surface area contributed by atoms with Crippen LogP contribution in [-0.2, 0) is 28.5 Å². The molecule has 1 heterocycles. The molecule has 4 N–H and O–H groups in total. The molecule has 0 spiro atoms. The Morgan fingerprint density at radius 2 is 1.10 bits per heavy atom. The molecule has 298 valence electrons. The first-order chi connectivity index (χ1) is 24.8. The summed E-state index contributed by atoms with van der Waals surface area (Å²) in [6.45, 7) is 3.36. The van der Waals surface area contributed by atoms with Crippen LogP contribution in [0, 0.1) is 0 Å². The summed E-state index contributed by atoms with van der Waals surface area (Å²) in [6.07, 6.45) is 26.1. The van der Waals surface area contributed by atoms with E-state index < -0.39 is 49.4 Å². The van der Waals surface area contributed by atoms with Crippen molar-refractivity contribution in [1.82, 2.24) is 0 Å². The minimum Gasteiger partial charge on any atom is -0.462 e. The Bertz CT molecular complexity index is 892. The van der Waals surface area contributed by atoms with E-state index in [0.717, 1.165) is 57.8 Å². The first kappa shape index (κ1) is 47.2. The van der Waals surface area contributed by atoms with Crippen molar-refractivity contribution < 1.29 is 49.0 Å². The highest BCUT2D eigenvalue weighted by Crippen LogP contribution is 2.22. The van der Waals surface area contributed by atoms with Gasteiger partial charge in [0.05, 0.1) is 13.2 Å². The molecule has 0 amide bonds. The minimum atomic E-state index is -1.59. The smallest absolute Gasteiger partial charge is 0.306 e. The maximum Gasteiger partial charge on any atom is 0.306 e. The molecular formula is C41H74O10. The van der Waals surface area contributed by atoms with Crippen LogP contribution < -0.4 is 0 Å². The third-order valence-electron chi connectivity index (χ3n) is 9.34.